The van der Waals surface area contributed by atoms with Crippen molar-refractivity contribution in [3.8, 4) is 0 Å². The molecule has 122 valence electrons. The molecule has 4 nitrogen and oxygen atoms in total. The molecule has 2 bridgehead atoms. The SMILES string of the molecule is Cc1ccc([C@H]2O[C@]3(C)O[C@@]2(C)C(=O)c2ccccc2C3=O)cc1. The maximum atomic E-state index is 13.2. The van der Waals surface area contributed by atoms with Gasteiger partial charge in [-0.15, -0.1) is 0 Å². The molecule has 2 aliphatic rings. The summed E-state index contributed by atoms with van der Waals surface area (Å²) in [6.07, 6.45) is -0.632. The third-order valence-corrected chi connectivity index (χ3v) is 4.91. The molecule has 2 heterocycles. The first kappa shape index (κ1) is 15.2. The number of aryl methyl sites for hydroxylation is 1. The zero-order valence-corrected chi connectivity index (χ0v) is 13.8. The molecule has 4 rings (SSSR count). The molecule has 0 radical (unpaired) electrons. The highest BCUT2D eigenvalue weighted by atomic mass is 16.8. The monoisotopic (exact) mass is 322 g/mol. The van der Waals surface area contributed by atoms with E-state index >= 15 is 0 Å². The Bertz CT molecular complexity index is 854. The molecule has 2 aliphatic heterocycles. The summed E-state index contributed by atoms with van der Waals surface area (Å²) in [5.74, 6) is -2.00. The lowest BCUT2D eigenvalue weighted by atomic mass is 9.83. The minimum Gasteiger partial charge on any atom is -0.332 e. The largest absolute Gasteiger partial charge is 0.332 e. The van der Waals surface area contributed by atoms with Crippen LogP contribution < -0.4 is 0 Å². The van der Waals surface area contributed by atoms with Gasteiger partial charge in [0.25, 0.3) is 0 Å². The third-order valence-electron chi connectivity index (χ3n) is 4.91. The second-order valence-electron chi connectivity index (χ2n) is 6.77. The first-order valence-electron chi connectivity index (χ1n) is 7.98. The molecule has 1 fully saturated rings. The summed E-state index contributed by atoms with van der Waals surface area (Å²) in [6.45, 7) is 5.30. The molecule has 2 aromatic rings. The van der Waals surface area contributed by atoms with E-state index in [0.717, 1.165) is 11.1 Å². The third kappa shape index (κ3) is 1.93. The van der Waals surface area contributed by atoms with E-state index in [0.29, 0.717) is 11.1 Å². The van der Waals surface area contributed by atoms with Gasteiger partial charge in [0.1, 0.15) is 6.10 Å². The fourth-order valence-electron chi connectivity index (χ4n) is 3.60. The fourth-order valence-corrected chi connectivity index (χ4v) is 3.60. The Kier molecular flexibility index (Phi) is 3.08. The molecule has 3 atom stereocenters. The molecular weight excluding hydrogens is 304 g/mol. The molecule has 0 amide bonds. The molecule has 0 unspecified atom stereocenters. The van der Waals surface area contributed by atoms with E-state index < -0.39 is 17.5 Å². The topological polar surface area (TPSA) is 52.6 Å². The quantitative estimate of drug-likeness (QED) is 0.804. The van der Waals surface area contributed by atoms with Crippen molar-refractivity contribution in [1.82, 2.24) is 0 Å². The van der Waals surface area contributed by atoms with E-state index in [1.165, 1.54) is 0 Å². The summed E-state index contributed by atoms with van der Waals surface area (Å²) in [6, 6.07) is 14.6. The van der Waals surface area contributed by atoms with Gasteiger partial charge in [-0.05, 0) is 26.3 Å². The zero-order chi connectivity index (χ0) is 17.1. The molecule has 24 heavy (non-hydrogen) atoms. The molecule has 0 spiro atoms. The summed E-state index contributed by atoms with van der Waals surface area (Å²) in [7, 11) is 0. The van der Waals surface area contributed by atoms with Gasteiger partial charge in [0, 0.05) is 11.1 Å². The molecule has 0 aliphatic carbocycles. The summed E-state index contributed by atoms with van der Waals surface area (Å²) in [4.78, 5) is 26.1. The summed E-state index contributed by atoms with van der Waals surface area (Å²) in [5.41, 5.74) is 1.45. The average molecular weight is 322 g/mol. The fraction of sp³-hybridized carbons (Fsp3) is 0.300. The number of rotatable bonds is 1. The molecule has 1 saturated heterocycles. The van der Waals surface area contributed by atoms with Crippen LogP contribution in [0.2, 0.25) is 0 Å². The van der Waals surface area contributed by atoms with Gasteiger partial charge < -0.3 is 9.47 Å². The standard InChI is InChI=1S/C20H18O4/c1-12-8-10-13(11-9-12)18-19(2)16(21)14-6-4-5-7-15(14)17(22)20(3,23-18)24-19/h4-11,18H,1-3H3/t18-,19+,20-/m1/s1. The van der Waals surface area contributed by atoms with Gasteiger partial charge in [-0.1, -0.05) is 54.1 Å². The lowest BCUT2D eigenvalue weighted by Crippen LogP contribution is -2.41. The van der Waals surface area contributed by atoms with E-state index in [9.17, 15) is 9.59 Å². The molecule has 0 N–H and O–H groups in total. The Labute approximate surface area is 140 Å². The molecular formula is C20H18O4. The number of hydrogen-bond donors (Lipinski definition) is 0. The highest BCUT2D eigenvalue weighted by molar-refractivity contribution is 6.16. The van der Waals surface area contributed by atoms with Gasteiger partial charge in [0.15, 0.2) is 11.4 Å². The number of hydrogen-bond acceptors (Lipinski definition) is 4. The molecule has 0 aromatic heterocycles. The van der Waals surface area contributed by atoms with Crippen LogP contribution in [0.25, 0.3) is 0 Å². The van der Waals surface area contributed by atoms with Crippen LogP contribution in [0.15, 0.2) is 48.5 Å². The summed E-state index contributed by atoms with van der Waals surface area (Å²) >= 11 is 0. The minimum atomic E-state index is -1.47. The van der Waals surface area contributed by atoms with Crippen LogP contribution >= 0.6 is 0 Å². The van der Waals surface area contributed by atoms with Crippen LogP contribution in [0.3, 0.4) is 0 Å². The number of benzene rings is 2. The lowest BCUT2D eigenvalue weighted by molar-refractivity contribution is -0.131. The van der Waals surface area contributed by atoms with Crippen molar-refractivity contribution < 1.29 is 19.1 Å². The lowest BCUT2D eigenvalue weighted by Gasteiger charge is -2.27. The van der Waals surface area contributed by atoms with Crippen molar-refractivity contribution in [2.45, 2.75) is 38.3 Å². The van der Waals surface area contributed by atoms with Gasteiger partial charge in [-0.25, -0.2) is 0 Å². The number of ether oxygens (including phenoxy) is 2. The van der Waals surface area contributed by atoms with E-state index in [-0.39, 0.29) is 11.6 Å². The highest BCUT2D eigenvalue weighted by Crippen LogP contribution is 2.50. The predicted molar refractivity (Wildman–Crippen MR) is 88.0 cm³/mol. The molecule has 4 heteroatoms. The van der Waals surface area contributed by atoms with Gasteiger partial charge in [0.2, 0.25) is 11.6 Å². The van der Waals surface area contributed by atoms with Crippen molar-refractivity contribution in [3.63, 3.8) is 0 Å². The summed E-state index contributed by atoms with van der Waals surface area (Å²) in [5, 5.41) is 0. The van der Waals surface area contributed by atoms with Crippen molar-refractivity contribution in [1.29, 1.82) is 0 Å². The van der Waals surface area contributed by atoms with Gasteiger partial charge in [-0.2, -0.15) is 0 Å². The number of fused-ring (bicyclic) bond motifs is 3. The van der Waals surface area contributed by atoms with Crippen LogP contribution in [0.1, 0.15) is 51.8 Å². The number of Topliss-reactive ketones (excluding diaryl/α,β-unsaturated/α-hetero) is 2. The number of carbonyl (C=O) groups excluding carboxylic acids is 2. The van der Waals surface area contributed by atoms with Crippen molar-refractivity contribution in [2.24, 2.45) is 0 Å². The Morgan fingerprint density at radius 2 is 1.46 bits per heavy atom. The smallest absolute Gasteiger partial charge is 0.232 e. The van der Waals surface area contributed by atoms with Crippen molar-refractivity contribution in [2.75, 3.05) is 0 Å². The van der Waals surface area contributed by atoms with Crippen LogP contribution in [-0.4, -0.2) is 23.0 Å². The average Bonchev–Trinajstić information content (AvgIpc) is 2.84. The van der Waals surface area contributed by atoms with Crippen LogP contribution in [0.5, 0.6) is 0 Å². The van der Waals surface area contributed by atoms with Gasteiger partial charge >= 0.3 is 0 Å². The maximum Gasteiger partial charge on any atom is 0.232 e. The maximum absolute atomic E-state index is 13.2. The van der Waals surface area contributed by atoms with Gasteiger partial charge in [0.05, 0.1) is 0 Å². The highest BCUT2D eigenvalue weighted by Gasteiger charge is 2.62. The van der Waals surface area contributed by atoms with Crippen LogP contribution in [0, 0.1) is 6.92 Å². The Hall–Kier alpha value is -2.30. The first-order valence-corrected chi connectivity index (χ1v) is 7.98. The van der Waals surface area contributed by atoms with Crippen LogP contribution in [0.4, 0.5) is 0 Å². The zero-order valence-electron chi connectivity index (χ0n) is 13.8. The first-order chi connectivity index (χ1) is 11.3. The van der Waals surface area contributed by atoms with Crippen molar-refractivity contribution in [3.05, 3.63) is 70.8 Å². The minimum absolute atomic E-state index is 0.224. The Morgan fingerprint density at radius 1 is 0.875 bits per heavy atom. The van der Waals surface area contributed by atoms with E-state index in [1.807, 2.05) is 31.2 Å². The Morgan fingerprint density at radius 3 is 2.08 bits per heavy atom. The molecule has 2 aromatic carbocycles. The Balaban J connectivity index is 1.91. The van der Waals surface area contributed by atoms with E-state index in [4.69, 9.17) is 9.47 Å². The number of carbonyl (C=O) groups is 2. The van der Waals surface area contributed by atoms with E-state index in [1.54, 1.807) is 38.1 Å². The number of ketones is 2. The second-order valence-corrected chi connectivity index (χ2v) is 6.77. The molecule has 0 saturated carbocycles. The second kappa shape index (κ2) is 4.85. The summed E-state index contributed by atoms with van der Waals surface area (Å²) < 4.78 is 12.0. The van der Waals surface area contributed by atoms with E-state index in [2.05, 4.69) is 0 Å². The normalized spacial score (nSPS) is 31.7. The predicted octanol–water partition coefficient (Wildman–Crippen LogP) is 3.64. The van der Waals surface area contributed by atoms with Crippen molar-refractivity contribution >= 4 is 11.6 Å². The van der Waals surface area contributed by atoms with Crippen LogP contribution in [-0.2, 0) is 9.47 Å². The van der Waals surface area contributed by atoms with Gasteiger partial charge in [-0.3, -0.25) is 9.59 Å².